The van der Waals surface area contributed by atoms with Gasteiger partial charge in [0.25, 0.3) is 0 Å². The smallest absolute Gasteiger partial charge is 0.140 e. The Balaban J connectivity index is 2.71. The SMILES string of the molecule is CCCSC(=S)N(CCC)c1ccccc1. The number of hydrogen-bond donors (Lipinski definition) is 0. The van der Waals surface area contributed by atoms with Gasteiger partial charge in [-0.05, 0) is 30.7 Å². The molecule has 0 aliphatic rings. The number of benzene rings is 1. The van der Waals surface area contributed by atoms with Gasteiger partial charge in [-0.25, -0.2) is 0 Å². The van der Waals surface area contributed by atoms with Crippen LogP contribution in [0.15, 0.2) is 30.3 Å². The van der Waals surface area contributed by atoms with Crippen LogP contribution in [0.5, 0.6) is 0 Å². The van der Waals surface area contributed by atoms with E-state index in [1.54, 1.807) is 11.8 Å². The Morgan fingerprint density at radius 2 is 1.88 bits per heavy atom. The van der Waals surface area contributed by atoms with Gasteiger partial charge in [-0.3, -0.25) is 0 Å². The first kappa shape index (κ1) is 13.5. The maximum Gasteiger partial charge on any atom is 0.140 e. The molecule has 0 fully saturated rings. The average Bonchev–Trinajstić information content (AvgIpc) is 2.34. The lowest BCUT2D eigenvalue weighted by Gasteiger charge is -2.24. The van der Waals surface area contributed by atoms with Crippen molar-refractivity contribution in [3.05, 3.63) is 30.3 Å². The number of nitrogens with zero attached hydrogens (tertiary/aromatic N) is 1. The fourth-order valence-electron chi connectivity index (χ4n) is 1.42. The summed E-state index contributed by atoms with van der Waals surface area (Å²) in [6, 6.07) is 10.4. The predicted molar refractivity (Wildman–Crippen MR) is 79.4 cm³/mol. The molecule has 0 atom stereocenters. The molecule has 88 valence electrons. The van der Waals surface area contributed by atoms with E-state index >= 15 is 0 Å². The van der Waals surface area contributed by atoms with Gasteiger partial charge < -0.3 is 4.90 Å². The molecule has 0 aromatic heterocycles. The van der Waals surface area contributed by atoms with Crippen LogP contribution in [-0.4, -0.2) is 16.6 Å². The molecule has 1 aromatic rings. The third-order valence-electron chi connectivity index (χ3n) is 2.17. The summed E-state index contributed by atoms with van der Waals surface area (Å²) >= 11 is 7.25. The van der Waals surface area contributed by atoms with E-state index in [1.807, 2.05) is 6.07 Å². The van der Waals surface area contributed by atoms with E-state index in [4.69, 9.17) is 12.2 Å². The van der Waals surface area contributed by atoms with E-state index in [-0.39, 0.29) is 0 Å². The first-order valence-corrected chi connectivity index (χ1v) is 7.18. The lowest BCUT2D eigenvalue weighted by atomic mass is 10.3. The molecule has 0 saturated heterocycles. The van der Waals surface area contributed by atoms with Crippen molar-refractivity contribution in [3.8, 4) is 0 Å². The molecule has 0 saturated carbocycles. The summed E-state index contributed by atoms with van der Waals surface area (Å²) in [6.07, 6.45) is 2.28. The van der Waals surface area contributed by atoms with Crippen LogP contribution in [0.3, 0.4) is 0 Å². The maximum atomic E-state index is 5.48. The molecule has 0 heterocycles. The highest BCUT2D eigenvalue weighted by Crippen LogP contribution is 2.20. The summed E-state index contributed by atoms with van der Waals surface area (Å²) in [5, 5.41) is 0. The quantitative estimate of drug-likeness (QED) is 0.719. The third-order valence-corrected chi connectivity index (χ3v) is 3.82. The molecule has 0 amide bonds. The van der Waals surface area contributed by atoms with Crippen molar-refractivity contribution in [1.29, 1.82) is 0 Å². The van der Waals surface area contributed by atoms with Crippen LogP contribution in [0.1, 0.15) is 26.7 Å². The van der Waals surface area contributed by atoms with Crippen molar-refractivity contribution in [2.24, 2.45) is 0 Å². The Bertz CT molecular complexity index is 311. The van der Waals surface area contributed by atoms with Crippen molar-refractivity contribution in [2.45, 2.75) is 26.7 Å². The molecule has 0 bridgehead atoms. The van der Waals surface area contributed by atoms with Crippen LogP contribution in [0.2, 0.25) is 0 Å². The summed E-state index contributed by atoms with van der Waals surface area (Å²) in [5.41, 5.74) is 1.21. The molecular formula is C13H19NS2. The van der Waals surface area contributed by atoms with Gasteiger partial charge in [-0.2, -0.15) is 0 Å². The number of para-hydroxylation sites is 1. The minimum atomic E-state index is 0.995. The zero-order valence-corrected chi connectivity index (χ0v) is 11.6. The van der Waals surface area contributed by atoms with Crippen molar-refractivity contribution in [3.63, 3.8) is 0 Å². The lowest BCUT2D eigenvalue weighted by molar-refractivity contribution is 0.913. The third kappa shape index (κ3) is 4.14. The second-order valence-corrected chi connectivity index (χ2v) is 5.33. The van der Waals surface area contributed by atoms with E-state index in [1.165, 1.54) is 12.1 Å². The molecule has 1 rings (SSSR count). The van der Waals surface area contributed by atoms with Crippen LogP contribution in [0.4, 0.5) is 5.69 Å². The Kier molecular flexibility index (Phi) is 6.50. The Morgan fingerprint density at radius 1 is 1.19 bits per heavy atom. The fourth-order valence-corrected chi connectivity index (χ4v) is 2.60. The highest BCUT2D eigenvalue weighted by Gasteiger charge is 2.10. The van der Waals surface area contributed by atoms with Crippen molar-refractivity contribution in [1.82, 2.24) is 0 Å². The lowest BCUT2D eigenvalue weighted by Crippen LogP contribution is -2.28. The largest absolute Gasteiger partial charge is 0.327 e. The number of hydrogen-bond acceptors (Lipinski definition) is 2. The molecule has 0 unspecified atom stereocenters. The standard InChI is InChI=1S/C13H19NS2/c1-3-10-14(13(15)16-11-4-2)12-8-6-5-7-9-12/h5-9H,3-4,10-11H2,1-2H3. The molecular weight excluding hydrogens is 234 g/mol. The Morgan fingerprint density at radius 3 is 2.44 bits per heavy atom. The first-order chi connectivity index (χ1) is 7.79. The molecule has 1 aromatic carbocycles. The zero-order valence-electron chi connectivity index (χ0n) is 9.98. The monoisotopic (exact) mass is 253 g/mol. The van der Waals surface area contributed by atoms with Crippen molar-refractivity contribution in [2.75, 3.05) is 17.2 Å². The van der Waals surface area contributed by atoms with Crippen LogP contribution in [-0.2, 0) is 0 Å². The minimum absolute atomic E-state index is 0.995. The molecule has 0 aliphatic carbocycles. The molecule has 16 heavy (non-hydrogen) atoms. The summed E-state index contributed by atoms with van der Waals surface area (Å²) < 4.78 is 0.995. The maximum absolute atomic E-state index is 5.48. The Labute approximate surface area is 108 Å². The molecule has 0 aliphatic heterocycles. The van der Waals surface area contributed by atoms with Crippen LogP contribution < -0.4 is 4.90 Å². The Hall–Kier alpha value is -0.540. The summed E-state index contributed by atoms with van der Waals surface area (Å²) in [4.78, 5) is 2.23. The van der Waals surface area contributed by atoms with Crippen LogP contribution >= 0.6 is 24.0 Å². The highest BCUT2D eigenvalue weighted by molar-refractivity contribution is 8.23. The molecule has 0 radical (unpaired) electrons. The topological polar surface area (TPSA) is 3.24 Å². The van der Waals surface area contributed by atoms with Gasteiger partial charge in [0.05, 0.1) is 0 Å². The average molecular weight is 253 g/mol. The van der Waals surface area contributed by atoms with Crippen molar-refractivity contribution >= 4 is 34.0 Å². The molecule has 3 heteroatoms. The van der Waals surface area contributed by atoms with Crippen LogP contribution in [0.25, 0.3) is 0 Å². The number of thioether (sulfide) groups is 1. The molecule has 1 nitrogen and oxygen atoms in total. The zero-order chi connectivity index (χ0) is 11.8. The minimum Gasteiger partial charge on any atom is -0.327 e. The predicted octanol–water partition coefficient (Wildman–Crippen LogP) is 4.33. The second kappa shape index (κ2) is 7.69. The second-order valence-electron chi connectivity index (χ2n) is 3.60. The fraction of sp³-hybridized carbons (Fsp3) is 0.462. The molecule has 0 N–H and O–H groups in total. The van der Waals surface area contributed by atoms with E-state index in [0.717, 1.165) is 23.0 Å². The van der Waals surface area contributed by atoms with E-state index < -0.39 is 0 Å². The van der Waals surface area contributed by atoms with E-state index in [0.29, 0.717) is 0 Å². The van der Waals surface area contributed by atoms with Gasteiger partial charge in [0.15, 0.2) is 0 Å². The van der Waals surface area contributed by atoms with Gasteiger partial charge >= 0.3 is 0 Å². The van der Waals surface area contributed by atoms with E-state index in [9.17, 15) is 0 Å². The first-order valence-electron chi connectivity index (χ1n) is 5.79. The number of anilines is 1. The van der Waals surface area contributed by atoms with Gasteiger partial charge in [-0.15, -0.1) is 0 Å². The van der Waals surface area contributed by atoms with Crippen LogP contribution in [0, 0.1) is 0 Å². The van der Waals surface area contributed by atoms with Crippen molar-refractivity contribution < 1.29 is 0 Å². The highest BCUT2D eigenvalue weighted by atomic mass is 32.2. The van der Waals surface area contributed by atoms with E-state index in [2.05, 4.69) is 43.0 Å². The van der Waals surface area contributed by atoms with Gasteiger partial charge in [0.2, 0.25) is 0 Å². The number of thiocarbonyl (C=S) groups is 1. The summed E-state index contributed by atoms with van der Waals surface area (Å²) in [7, 11) is 0. The van der Waals surface area contributed by atoms with Gasteiger partial charge in [0, 0.05) is 12.2 Å². The van der Waals surface area contributed by atoms with Gasteiger partial charge in [0.1, 0.15) is 4.32 Å². The normalized spacial score (nSPS) is 10.1. The number of rotatable bonds is 5. The summed E-state index contributed by atoms with van der Waals surface area (Å²) in [5.74, 6) is 1.10. The molecule has 0 spiro atoms. The summed E-state index contributed by atoms with van der Waals surface area (Å²) in [6.45, 7) is 5.37. The van der Waals surface area contributed by atoms with Gasteiger partial charge in [-0.1, -0.05) is 56.0 Å².